The first kappa shape index (κ1) is 5.67. The quantitative estimate of drug-likeness (QED) is 0.419. The number of hydrogen-bond donors (Lipinski definition) is 1. The van der Waals surface area contributed by atoms with Gasteiger partial charge in [-0.2, -0.15) is 0 Å². The van der Waals surface area contributed by atoms with Gasteiger partial charge >= 0.3 is 56.2 Å². The van der Waals surface area contributed by atoms with Crippen LogP contribution in [0.4, 0.5) is 5.69 Å². The summed E-state index contributed by atoms with van der Waals surface area (Å²) in [7, 11) is 0. The van der Waals surface area contributed by atoms with Crippen LogP contribution >= 0.6 is 0 Å². The molecule has 0 bridgehead atoms. The summed E-state index contributed by atoms with van der Waals surface area (Å²) in [5, 5.41) is 0. The Morgan fingerprint density at radius 3 is 2.00 bits per heavy atom. The zero-order valence-electron chi connectivity index (χ0n) is 4.24. The molecule has 0 spiro atoms. The van der Waals surface area contributed by atoms with Gasteiger partial charge in [0.2, 0.25) is 0 Å². The summed E-state index contributed by atoms with van der Waals surface area (Å²) in [5.74, 6) is 0. The van der Waals surface area contributed by atoms with Crippen LogP contribution in [0.2, 0.25) is 0 Å². The summed E-state index contributed by atoms with van der Waals surface area (Å²) in [4.78, 5) is 0. The van der Waals surface area contributed by atoms with Crippen molar-refractivity contribution in [3.8, 4) is 0 Å². The van der Waals surface area contributed by atoms with Crippen molar-refractivity contribution in [2.75, 3.05) is 5.73 Å². The van der Waals surface area contributed by atoms with Crippen LogP contribution in [0, 0.1) is 0 Å². The van der Waals surface area contributed by atoms with E-state index in [1.165, 1.54) is 0 Å². The fraction of sp³-hybridized carbons (Fsp3) is 0. The third kappa shape index (κ3) is 1.25. The molecule has 43 valence electrons. The maximum absolute atomic E-state index is 5.40. The van der Waals surface area contributed by atoms with E-state index in [2.05, 4.69) is 16.0 Å². The molecule has 0 saturated heterocycles. The summed E-state index contributed by atoms with van der Waals surface area (Å²) in [6.45, 7) is 0. The van der Waals surface area contributed by atoms with Gasteiger partial charge < -0.3 is 0 Å². The molecule has 1 aromatic rings. The fourth-order valence-corrected chi connectivity index (χ4v) is 0.643. The molecule has 0 aliphatic heterocycles. The second-order valence-corrected chi connectivity index (χ2v) is 2.17. The van der Waals surface area contributed by atoms with Crippen LogP contribution in [0.25, 0.3) is 0 Å². The van der Waals surface area contributed by atoms with Crippen LogP contribution in [0.3, 0.4) is 0 Å². The van der Waals surface area contributed by atoms with Gasteiger partial charge in [0, 0.05) is 0 Å². The number of nitrogens with two attached hydrogens (primary N) is 1. The molecule has 0 aliphatic rings. The Morgan fingerprint density at radius 2 is 1.62 bits per heavy atom. The van der Waals surface area contributed by atoms with Crippen molar-refractivity contribution in [1.29, 1.82) is 0 Å². The van der Waals surface area contributed by atoms with Crippen LogP contribution in [0.1, 0.15) is 0 Å². The number of nitrogen functional groups attached to an aromatic ring is 1. The van der Waals surface area contributed by atoms with Crippen molar-refractivity contribution in [3.63, 3.8) is 0 Å². The molecule has 0 saturated carbocycles. The molecule has 0 amide bonds. The van der Waals surface area contributed by atoms with Gasteiger partial charge in [0.1, 0.15) is 0 Å². The SMILES string of the molecule is Nc1cc[c]([Fe])cc1. The van der Waals surface area contributed by atoms with Crippen molar-refractivity contribution in [3.05, 3.63) is 24.3 Å². The normalized spacial score (nSPS) is 9.12. The van der Waals surface area contributed by atoms with Crippen molar-refractivity contribution < 1.29 is 16.0 Å². The number of anilines is 1. The number of rotatable bonds is 0. The van der Waals surface area contributed by atoms with E-state index in [1.54, 1.807) is 0 Å². The van der Waals surface area contributed by atoms with E-state index in [0.717, 1.165) is 10.1 Å². The van der Waals surface area contributed by atoms with Gasteiger partial charge in [-0.25, -0.2) is 0 Å². The molecule has 0 radical (unpaired) electrons. The molecule has 0 atom stereocenters. The third-order valence-corrected chi connectivity index (χ3v) is 1.23. The van der Waals surface area contributed by atoms with Crippen molar-refractivity contribution in [1.82, 2.24) is 0 Å². The molecule has 1 aromatic carbocycles. The first-order valence-electron chi connectivity index (χ1n) is 2.29. The number of hydrogen-bond acceptors (Lipinski definition) is 1. The van der Waals surface area contributed by atoms with Gasteiger partial charge in [0.15, 0.2) is 0 Å². The Bertz CT molecular complexity index is 147. The standard InChI is InChI=1S/C6H6N.Fe/c7-6-4-2-1-3-5-6;/h2-5H,7H2;. The summed E-state index contributed by atoms with van der Waals surface area (Å²) in [6.07, 6.45) is 0. The van der Waals surface area contributed by atoms with Gasteiger partial charge in [0.25, 0.3) is 0 Å². The first-order valence-corrected chi connectivity index (χ1v) is 2.84. The van der Waals surface area contributed by atoms with E-state index in [-0.39, 0.29) is 0 Å². The Balaban J connectivity index is 3.03. The van der Waals surface area contributed by atoms with Gasteiger partial charge in [-0.05, 0) is 0 Å². The molecule has 2 heteroatoms. The molecule has 0 heterocycles. The number of benzene rings is 1. The van der Waals surface area contributed by atoms with Crippen LogP contribution in [0.5, 0.6) is 0 Å². The predicted octanol–water partition coefficient (Wildman–Crippen LogP) is 0.441. The minimum atomic E-state index is 0.789. The zero-order valence-corrected chi connectivity index (χ0v) is 5.34. The summed E-state index contributed by atoms with van der Waals surface area (Å²) >= 11 is 3.71. The second-order valence-electron chi connectivity index (χ2n) is 1.54. The minimum absolute atomic E-state index is 0.789. The van der Waals surface area contributed by atoms with E-state index in [0.29, 0.717) is 0 Å². The zero-order chi connectivity index (χ0) is 5.98. The van der Waals surface area contributed by atoms with Crippen LogP contribution in [0.15, 0.2) is 24.3 Å². The van der Waals surface area contributed by atoms with Crippen LogP contribution in [-0.4, -0.2) is 0 Å². The Morgan fingerprint density at radius 1 is 1.12 bits per heavy atom. The van der Waals surface area contributed by atoms with Gasteiger partial charge in [0.05, 0.1) is 0 Å². The second kappa shape index (κ2) is 2.21. The predicted molar refractivity (Wildman–Crippen MR) is 30.5 cm³/mol. The summed E-state index contributed by atoms with van der Waals surface area (Å²) in [6, 6.07) is 7.44. The monoisotopic (exact) mass is 148 g/mol. The first-order chi connectivity index (χ1) is 3.79. The third-order valence-electron chi connectivity index (χ3n) is 0.862. The Kier molecular flexibility index (Phi) is 1.56. The van der Waals surface area contributed by atoms with E-state index < -0.39 is 0 Å². The van der Waals surface area contributed by atoms with E-state index >= 15 is 0 Å². The van der Waals surface area contributed by atoms with E-state index in [4.69, 9.17) is 5.73 Å². The average Bonchev–Trinajstić information content (AvgIpc) is 1.77. The van der Waals surface area contributed by atoms with E-state index in [1.807, 2.05) is 24.3 Å². The molecular weight excluding hydrogens is 142 g/mol. The van der Waals surface area contributed by atoms with Crippen LogP contribution < -0.4 is 10.2 Å². The molecule has 0 aliphatic carbocycles. The molecule has 0 fully saturated rings. The maximum atomic E-state index is 5.40. The Labute approximate surface area is 56.7 Å². The molecule has 1 nitrogen and oxygen atoms in total. The van der Waals surface area contributed by atoms with Gasteiger partial charge in [-0.1, -0.05) is 0 Å². The van der Waals surface area contributed by atoms with Crippen molar-refractivity contribution in [2.24, 2.45) is 0 Å². The molecule has 0 aromatic heterocycles. The Hall–Kier alpha value is -0.461. The molecule has 8 heavy (non-hydrogen) atoms. The van der Waals surface area contributed by atoms with Gasteiger partial charge in [-0.15, -0.1) is 0 Å². The fourth-order valence-electron chi connectivity index (χ4n) is 0.459. The van der Waals surface area contributed by atoms with Crippen molar-refractivity contribution in [2.45, 2.75) is 0 Å². The van der Waals surface area contributed by atoms with Crippen molar-refractivity contribution >= 4 is 10.1 Å². The van der Waals surface area contributed by atoms with Crippen LogP contribution in [-0.2, 0) is 16.0 Å². The molecule has 0 unspecified atom stereocenters. The van der Waals surface area contributed by atoms with Gasteiger partial charge in [-0.3, -0.25) is 0 Å². The average molecular weight is 148 g/mol. The molecular formula is C6H6FeN. The summed E-state index contributed by atoms with van der Waals surface area (Å²) in [5.41, 5.74) is 6.19. The molecule has 2 N–H and O–H groups in total. The van der Waals surface area contributed by atoms with E-state index in [9.17, 15) is 0 Å². The molecule has 1 rings (SSSR count). The summed E-state index contributed by atoms with van der Waals surface area (Å²) < 4.78 is 0.999. The topological polar surface area (TPSA) is 26.0 Å².